The quantitative estimate of drug-likeness (QED) is 0.813. The third kappa shape index (κ3) is 2.64. The van der Waals surface area contributed by atoms with Crippen LogP contribution >= 0.6 is 34.4 Å². The number of carbonyl (C=O) groups is 1. The van der Waals surface area contributed by atoms with Gasteiger partial charge in [0.25, 0.3) is 0 Å². The topological polar surface area (TPSA) is 49.3 Å². The van der Waals surface area contributed by atoms with Crippen LogP contribution in [-0.4, -0.2) is 22.9 Å². The number of carboxylic acids is 1. The average Bonchev–Trinajstić information content (AvgIpc) is 2.66. The van der Waals surface area contributed by atoms with E-state index >= 15 is 0 Å². The Balaban J connectivity index is 2.11. The molecular weight excluding hydrogens is 325 g/mol. The summed E-state index contributed by atoms with van der Waals surface area (Å²) >= 11 is 3.90. The molecule has 2 rings (SSSR count). The second kappa shape index (κ2) is 4.71. The molecule has 2 N–H and O–H groups in total. The Kier molecular flexibility index (Phi) is 3.53. The fourth-order valence-electron chi connectivity index (χ4n) is 1.48. The van der Waals surface area contributed by atoms with Crippen LogP contribution in [0.2, 0.25) is 0 Å². The number of rotatable bonds is 2. The molecule has 0 aromatic heterocycles. The molecule has 3 nitrogen and oxygen atoms in total. The zero-order chi connectivity index (χ0) is 10.8. The monoisotopic (exact) mass is 335 g/mol. The minimum absolute atomic E-state index is 0.112. The van der Waals surface area contributed by atoms with Crippen molar-refractivity contribution in [3.05, 3.63) is 33.4 Å². The summed E-state index contributed by atoms with van der Waals surface area (Å²) in [7, 11) is 0. The number of aliphatic carboxylic acids is 1. The van der Waals surface area contributed by atoms with Gasteiger partial charge < -0.3 is 5.11 Å². The first-order chi connectivity index (χ1) is 7.16. The number of nitrogens with one attached hydrogen (secondary N) is 1. The van der Waals surface area contributed by atoms with Gasteiger partial charge in [-0.15, -0.1) is 11.8 Å². The highest BCUT2D eigenvalue weighted by Crippen LogP contribution is 2.33. The molecule has 80 valence electrons. The third-order valence-corrected chi connectivity index (χ3v) is 4.17. The van der Waals surface area contributed by atoms with Crippen molar-refractivity contribution in [2.24, 2.45) is 0 Å². The summed E-state index contributed by atoms with van der Waals surface area (Å²) in [6, 6.07) is 7.70. The molecule has 1 aromatic rings. The van der Waals surface area contributed by atoms with Crippen molar-refractivity contribution < 1.29 is 9.90 Å². The van der Waals surface area contributed by atoms with Crippen LogP contribution in [0.25, 0.3) is 0 Å². The molecule has 2 atom stereocenters. The van der Waals surface area contributed by atoms with Gasteiger partial charge in [-0.2, -0.15) is 0 Å². The summed E-state index contributed by atoms with van der Waals surface area (Å²) < 4.78 is 1.17. The number of benzene rings is 1. The molecule has 1 fully saturated rings. The highest BCUT2D eigenvalue weighted by molar-refractivity contribution is 14.1. The van der Waals surface area contributed by atoms with Gasteiger partial charge >= 0.3 is 5.97 Å². The molecule has 1 heterocycles. The summed E-state index contributed by atoms with van der Waals surface area (Å²) in [5.74, 6) is -0.138. The first-order valence-corrected chi connectivity index (χ1v) is 6.65. The highest BCUT2D eigenvalue weighted by Gasteiger charge is 2.30. The zero-order valence-corrected chi connectivity index (χ0v) is 10.8. The Hall–Kier alpha value is -0.270. The smallest absolute Gasteiger partial charge is 0.321 e. The molecule has 0 bridgehead atoms. The Labute approximate surface area is 106 Å². The lowest BCUT2D eigenvalue weighted by molar-refractivity contribution is -0.138. The Bertz CT molecular complexity index is 385. The maximum absolute atomic E-state index is 10.8. The van der Waals surface area contributed by atoms with Crippen molar-refractivity contribution in [1.82, 2.24) is 5.32 Å². The largest absolute Gasteiger partial charge is 0.480 e. The molecule has 1 saturated heterocycles. The minimum atomic E-state index is -0.768. The molecule has 0 saturated carbocycles. The standard InChI is InChI=1S/C10H10INO2S/c11-7-3-1-2-6(4-7)9-12-8(5-15-9)10(13)14/h1-4,8-9,12H,5H2,(H,13,14)/t8-,9-/m1/s1. The highest BCUT2D eigenvalue weighted by atomic mass is 127. The molecule has 1 aliphatic rings. The van der Waals surface area contributed by atoms with Crippen molar-refractivity contribution in [2.45, 2.75) is 11.4 Å². The maximum Gasteiger partial charge on any atom is 0.321 e. The minimum Gasteiger partial charge on any atom is -0.480 e. The van der Waals surface area contributed by atoms with Crippen LogP contribution in [0.15, 0.2) is 24.3 Å². The van der Waals surface area contributed by atoms with Crippen LogP contribution in [0.1, 0.15) is 10.9 Å². The van der Waals surface area contributed by atoms with Gasteiger partial charge in [0.1, 0.15) is 6.04 Å². The molecule has 0 aliphatic carbocycles. The van der Waals surface area contributed by atoms with E-state index in [9.17, 15) is 4.79 Å². The molecule has 1 aliphatic heterocycles. The van der Waals surface area contributed by atoms with Crippen molar-refractivity contribution >= 4 is 40.3 Å². The molecule has 5 heteroatoms. The van der Waals surface area contributed by atoms with Crippen molar-refractivity contribution in [3.8, 4) is 0 Å². The number of hydrogen-bond acceptors (Lipinski definition) is 3. The normalized spacial score (nSPS) is 25.4. The van der Waals surface area contributed by atoms with Crippen LogP contribution in [0, 0.1) is 3.57 Å². The predicted molar refractivity (Wildman–Crippen MR) is 68.9 cm³/mol. The van der Waals surface area contributed by atoms with Crippen LogP contribution in [0.5, 0.6) is 0 Å². The summed E-state index contributed by atoms with van der Waals surface area (Å²) in [5.41, 5.74) is 1.15. The maximum atomic E-state index is 10.8. The van der Waals surface area contributed by atoms with E-state index in [4.69, 9.17) is 5.11 Å². The van der Waals surface area contributed by atoms with Crippen LogP contribution in [0.4, 0.5) is 0 Å². The van der Waals surface area contributed by atoms with Crippen LogP contribution in [-0.2, 0) is 4.79 Å². The summed E-state index contributed by atoms with van der Waals surface area (Å²) in [4.78, 5) is 10.8. The van der Waals surface area contributed by atoms with E-state index in [1.54, 1.807) is 11.8 Å². The summed E-state index contributed by atoms with van der Waals surface area (Å²) in [6.45, 7) is 0. The van der Waals surface area contributed by atoms with E-state index in [0.717, 1.165) is 5.56 Å². The van der Waals surface area contributed by atoms with Gasteiger partial charge in [0, 0.05) is 9.32 Å². The summed E-state index contributed by atoms with van der Waals surface area (Å²) in [5, 5.41) is 12.1. The number of carboxylic acid groups (broad SMARTS) is 1. The third-order valence-electron chi connectivity index (χ3n) is 2.23. The Morgan fingerprint density at radius 1 is 1.60 bits per heavy atom. The fourth-order valence-corrected chi connectivity index (χ4v) is 3.27. The van der Waals surface area contributed by atoms with E-state index in [1.165, 1.54) is 3.57 Å². The first kappa shape index (κ1) is 11.2. The number of halogens is 1. The summed E-state index contributed by atoms with van der Waals surface area (Å²) in [6.07, 6.45) is 0. The second-order valence-electron chi connectivity index (χ2n) is 3.33. The van der Waals surface area contributed by atoms with Crippen molar-refractivity contribution in [3.63, 3.8) is 0 Å². The lowest BCUT2D eigenvalue weighted by atomic mass is 10.2. The molecule has 0 unspecified atom stereocenters. The van der Waals surface area contributed by atoms with Crippen LogP contribution in [0.3, 0.4) is 0 Å². The molecule has 0 spiro atoms. The second-order valence-corrected chi connectivity index (χ2v) is 5.71. The lowest BCUT2D eigenvalue weighted by Crippen LogP contribution is -2.33. The molecule has 0 radical (unpaired) electrons. The van der Waals surface area contributed by atoms with Gasteiger partial charge in [-0.3, -0.25) is 10.1 Å². The zero-order valence-electron chi connectivity index (χ0n) is 7.81. The predicted octanol–water partition coefficient (Wildman–Crippen LogP) is 2.08. The average molecular weight is 335 g/mol. The lowest BCUT2D eigenvalue weighted by Gasteiger charge is -2.11. The van der Waals surface area contributed by atoms with Crippen LogP contribution < -0.4 is 5.32 Å². The van der Waals surface area contributed by atoms with Gasteiger partial charge in [-0.05, 0) is 40.3 Å². The Morgan fingerprint density at radius 3 is 3.00 bits per heavy atom. The van der Waals surface area contributed by atoms with E-state index in [1.807, 2.05) is 18.2 Å². The van der Waals surface area contributed by atoms with Gasteiger partial charge in [-0.1, -0.05) is 12.1 Å². The number of thioether (sulfide) groups is 1. The molecule has 1 aromatic carbocycles. The number of hydrogen-bond donors (Lipinski definition) is 2. The molecular formula is C10H10INO2S. The van der Waals surface area contributed by atoms with Gasteiger partial charge in [0.05, 0.1) is 5.37 Å². The molecule has 15 heavy (non-hydrogen) atoms. The van der Waals surface area contributed by atoms with Crippen molar-refractivity contribution in [2.75, 3.05) is 5.75 Å². The van der Waals surface area contributed by atoms with Gasteiger partial charge in [0.15, 0.2) is 0 Å². The van der Waals surface area contributed by atoms with E-state index in [-0.39, 0.29) is 5.37 Å². The molecule has 0 amide bonds. The first-order valence-electron chi connectivity index (χ1n) is 4.53. The van der Waals surface area contributed by atoms with E-state index < -0.39 is 12.0 Å². The SMILES string of the molecule is O=C(O)[C@H]1CS[C@H](c2cccc(I)c2)N1. The van der Waals surface area contributed by atoms with E-state index in [0.29, 0.717) is 5.75 Å². The van der Waals surface area contributed by atoms with E-state index in [2.05, 4.69) is 34.0 Å². The van der Waals surface area contributed by atoms with Gasteiger partial charge in [0.2, 0.25) is 0 Å². The fraction of sp³-hybridized carbons (Fsp3) is 0.300. The van der Waals surface area contributed by atoms with Crippen molar-refractivity contribution in [1.29, 1.82) is 0 Å². The Morgan fingerprint density at radius 2 is 2.40 bits per heavy atom. The van der Waals surface area contributed by atoms with Gasteiger partial charge in [-0.25, -0.2) is 0 Å².